The first-order valence-corrected chi connectivity index (χ1v) is 8.31. The fraction of sp³-hybridized carbons (Fsp3) is 0.318. The Morgan fingerprint density at radius 3 is 2.54 bits per heavy atom. The smallest absolute Gasteiger partial charge is 0.0931 e. The normalized spacial score (nSPS) is 11.3. The molecule has 0 aliphatic rings. The molecule has 0 amide bonds. The molecule has 0 aliphatic carbocycles. The Hall–Kier alpha value is -2.53. The summed E-state index contributed by atoms with van der Waals surface area (Å²) >= 11 is 0. The van der Waals surface area contributed by atoms with E-state index in [1.54, 1.807) is 0 Å². The second kappa shape index (κ2) is 7.84. The monoisotopic (exact) mass is 318 g/mol. The molecule has 0 saturated heterocycles. The van der Waals surface area contributed by atoms with E-state index >= 15 is 0 Å². The number of rotatable bonds is 4. The Bertz CT molecular complexity index is 793. The number of hydrogen-bond donors (Lipinski definition) is 1. The lowest BCUT2D eigenvalue weighted by atomic mass is 9.98. The molecule has 124 valence electrons. The minimum Gasteiger partial charge on any atom is -0.353 e. The van der Waals surface area contributed by atoms with Crippen LogP contribution >= 0.6 is 0 Å². The first-order valence-electron chi connectivity index (χ1n) is 8.31. The van der Waals surface area contributed by atoms with Gasteiger partial charge in [-0.2, -0.15) is 0 Å². The standard InChI is InChI=1S/C22H26N2/c1-18(23)24(16-9-5-8-15-22(2,3)4)17-20-13-10-12-19-11-6-7-14-21(19)20/h5-7,9-14,23H,16-17H2,1-4H3. The Labute approximate surface area is 145 Å². The Morgan fingerprint density at radius 2 is 1.83 bits per heavy atom. The predicted octanol–water partition coefficient (Wildman–Crippen LogP) is 5.24. The maximum absolute atomic E-state index is 8.04. The van der Waals surface area contributed by atoms with E-state index in [1.807, 2.05) is 19.1 Å². The van der Waals surface area contributed by atoms with Crippen LogP contribution in [0, 0.1) is 22.7 Å². The van der Waals surface area contributed by atoms with E-state index in [1.165, 1.54) is 16.3 Å². The average Bonchev–Trinajstić information content (AvgIpc) is 2.52. The van der Waals surface area contributed by atoms with Crippen LogP contribution in [-0.4, -0.2) is 17.3 Å². The van der Waals surface area contributed by atoms with Gasteiger partial charge in [-0.15, -0.1) is 0 Å². The average molecular weight is 318 g/mol. The van der Waals surface area contributed by atoms with Crippen LogP contribution in [-0.2, 0) is 6.54 Å². The van der Waals surface area contributed by atoms with Gasteiger partial charge in [-0.25, -0.2) is 0 Å². The lowest BCUT2D eigenvalue weighted by Crippen LogP contribution is -2.27. The summed E-state index contributed by atoms with van der Waals surface area (Å²) in [4.78, 5) is 2.05. The highest BCUT2D eigenvalue weighted by Gasteiger charge is 2.07. The van der Waals surface area contributed by atoms with Gasteiger partial charge in [0.25, 0.3) is 0 Å². The molecule has 0 saturated carbocycles. The molecular formula is C22H26N2. The number of amidine groups is 1. The van der Waals surface area contributed by atoms with Gasteiger partial charge < -0.3 is 4.90 Å². The SMILES string of the molecule is CC(=N)N(CC=CC#CC(C)(C)C)Cc1cccc2ccccc12. The zero-order valence-corrected chi connectivity index (χ0v) is 15.1. The van der Waals surface area contributed by atoms with Crippen molar-refractivity contribution in [2.24, 2.45) is 5.41 Å². The van der Waals surface area contributed by atoms with Crippen molar-refractivity contribution in [3.63, 3.8) is 0 Å². The molecule has 2 aromatic carbocycles. The van der Waals surface area contributed by atoms with Crippen molar-refractivity contribution in [3.05, 3.63) is 60.2 Å². The van der Waals surface area contributed by atoms with Crippen molar-refractivity contribution < 1.29 is 0 Å². The molecule has 0 heterocycles. The van der Waals surface area contributed by atoms with Crippen molar-refractivity contribution in [1.82, 2.24) is 4.90 Å². The van der Waals surface area contributed by atoms with Crippen molar-refractivity contribution in [2.45, 2.75) is 34.2 Å². The van der Waals surface area contributed by atoms with Gasteiger partial charge in [0.15, 0.2) is 0 Å². The van der Waals surface area contributed by atoms with Gasteiger partial charge in [0.2, 0.25) is 0 Å². The van der Waals surface area contributed by atoms with Gasteiger partial charge in [0.1, 0.15) is 0 Å². The van der Waals surface area contributed by atoms with Gasteiger partial charge in [-0.3, -0.25) is 5.41 Å². The number of allylic oxidation sites excluding steroid dienone is 1. The van der Waals surface area contributed by atoms with Gasteiger partial charge in [0, 0.05) is 18.5 Å². The van der Waals surface area contributed by atoms with Crippen molar-refractivity contribution >= 4 is 16.6 Å². The second-order valence-electron chi connectivity index (χ2n) is 7.03. The molecule has 0 aliphatic heterocycles. The van der Waals surface area contributed by atoms with Crippen LogP contribution in [0.3, 0.4) is 0 Å². The van der Waals surface area contributed by atoms with Gasteiger partial charge >= 0.3 is 0 Å². The van der Waals surface area contributed by atoms with Gasteiger partial charge in [0.05, 0.1) is 5.84 Å². The van der Waals surface area contributed by atoms with Gasteiger partial charge in [-0.05, 0) is 50.1 Å². The molecule has 2 rings (SSSR count). The summed E-state index contributed by atoms with van der Waals surface area (Å²) < 4.78 is 0. The fourth-order valence-corrected chi connectivity index (χ4v) is 2.45. The molecule has 0 fully saturated rings. The molecule has 0 spiro atoms. The fourth-order valence-electron chi connectivity index (χ4n) is 2.45. The molecule has 0 aromatic heterocycles. The largest absolute Gasteiger partial charge is 0.353 e. The molecule has 0 atom stereocenters. The molecular weight excluding hydrogens is 292 g/mol. The van der Waals surface area contributed by atoms with E-state index in [9.17, 15) is 0 Å². The lowest BCUT2D eigenvalue weighted by Gasteiger charge is -2.22. The van der Waals surface area contributed by atoms with E-state index in [0.29, 0.717) is 12.4 Å². The van der Waals surface area contributed by atoms with E-state index in [-0.39, 0.29) is 5.41 Å². The summed E-state index contributed by atoms with van der Waals surface area (Å²) in [6.45, 7) is 9.55. The molecule has 2 heteroatoms. The molecule has 0 radical (unpaired) electrons. The van der Waals surface area contributed by atoms with E-state index in [0.717, 1.165) is 6.54 Å². The summed E-state index contributed by atoms with van der Waals surface area (Å²) in [5, 5.41) is 10.5. The van der Waals surface area contributed by atoms with Crippen LogP contribution in [0.2, 0.25) is 0 Å². The zero-order valence-electron chi connectivity index (χ0n) is 15.1. The molecule has 0 bridgehead atoms. The van der Waals surface area contributed by atoms with Gasteiger partial charge in [-0.1, -0.05) is 60.4 Å². The van der Waals surface area contributed by atoms with E-state index in [2.05, 4.69) is 80.0 Å². The summed E-state index contributed by atoms with van der Waals surface area (Å²) in [5.41, 5.74) is 1.26. The molecule has 2 nitrogen and oxygen atoms in total. The van der Waals surface area contributed by atoms with E-state index < -0.39 is 0 Å². The van der Waals surface area contributed by atoms with Crippen LogP contribution in [0.15, 0.2) is 54.6 Å². The third-order valence-electron chi connectivity index (χ3n) is 3.69. The highest BCUT2D eigenvalue weighted by Crippen LogP contribution is 2.20. The highest BCUT2D eigenvalue weighted by molar-refractivity contribution is 5.86. The highest BCUT2D eigenvalue weighted by atomic mass is 15.2. The van der Waals surface area contributed by atoms with Crippen LogP contribution < -0.4 is 0 Å². The Morgan fingerprint density at radius 1 is 1.12 bits per heavy atom. The topological polar surface area (TPSA) is 27.1 Å². The Kier molecular flexibility index (Phi) is 5.82. The Balaban J connectivity index is 2.12. The number of benzene rings is 2. The zero-order chi connectivity index (χ0) is 17.6. The minimum absolute atomic E-state index is 0.0183. The van der Waals surface area contributed by atoms with Crippen LogP contribution in [0.25, 0.3) is 10.8 Å². The molecule has 1 N–H and O–H groups in total. The third-order valence-corrected chi connectivity index (χ3v) is 3.69. The number of nitrogens with zero attached hydrogens (tertiary/aromatic N) is 1. The van der Waals surface area contributed by atoms with Crippen molar-refractivity contribution in [1.29, 1.82) is 5.41 Å². The van der Waals surface area contributed by atoms with Crippen LogP contribution in [0.5, 0.6) is 0 Å². The maximum atomic E-state index is 8.04. The van der Waals surface area contributed by atoms with Crippen LogP contribution in [0.1, 0.15) is 33.3 Å². The summed E-state index contributed by atoms with van der Waals surface area (Å²) in [6, 6.07) is 14.7. The molecule has 2 aromatic rings. The predicted molar refractivity (Wildman–Crippen MR) is 104 cm³/mol. The summed E-state index contributed by atoms with van der Waals surface area (Å²) in [5.74, 6) is 6.84. The van der Waals surface area contributed by atoms with Crippen molar-refractivity contribution in [3.8, 4) is 11.8 Å². The first-order chi connectivity index (χ1) is 11.4. The molecule has 0 unspecified atom stereocenters. The number of fused-ring (bicyclic) bond motifs is 1. The van der Waals surface area contributed by atoms with E-state index in [4.69, 9.17) is 5.41 Å². The lowest BCUT2D eigenvalue weighted by molar-refractivity contribution is 0.452. The second-order valence-corrected chi connectivity index (χ2v) is 7.03. The van der Waals surface area contributed by atoms with Crippen molar-refractivity contribution in [2.75, 3.05) is 6.54 Å². The summed E-state index contributed by atoms with van der Waals surface area (Å²) in [7, 11) is 0. The number of hydrogen-bond acceptors (Lipinski definition) is 1. The molecule has 24 heavy (non-hydrogen) atoms. The summed E-state index contributed by atoms with van der Waals surface area (Å²) in [6.07, 6.45) is 3.92. The third kappa shape index (κ3) is 5.28. The minimum atomic E-state index is 0.0183. The first kappa shape index (κ1) is 17.8. The quantitative estimate of drug-likeness (QED) is 0.465. The maximum Gasteiger partial charge on any atom is 0.0931 e. The number of nitrogens with one attached hydrogen (secondary N) is 1. The van der Waals surface area contributed by atoms with Crippen LogP contribution in [0.4, 0.5) is 0 Å².